The lowest BCUT2D eigenvalue weighted by molar-refractivity contribution is 0.602. The van der Waals surface area contributed by atoms with Gasteiger partial charge in [0.1, 0.15) is 0 Å². The Morgan fingerprint density at radius 2 is 1.92 bits per heavy atom. The molecule has 0 saturated heterocycles. The zero-order valence-electron chi connectivity index (χ0n) is 6.61. The Morgan fingerprint density at radius 3 is 2.33 bits per heavy atom. The molecule has 1 N–H and O–H groups in total. The van der Waals surface area contributed by atoms with Gasteiger partial charge >= 0.3 is 0 Å². The van der Waals surface area contributed by atoms with Crippen molar-refractivity contribution in [1.82, 2.24) is 0 Å². The fourth-order valence-corrected chi connectivity index (χ4v) is 1.76. The van der Waals surface area contributed by atoms with Crippen LogP contribution in [-0.4, -0.2) is 14.7 Å². The molecular formula is C8H9NO2S. The maximum Gasteiger partial charge on any atom is 0.177 e. The second-order valence-corrected chi connectivity index (χ2v) is 4.40. The quantitative estimate of drug-likeness (QED) is 0.700. The summed E-state index contributed by atoms with van der Waals surface area (Å²) in [5.74, 6) is 0. The third-order valence-electron chi connectivity index (χ3n) is 1.44. The number of para-hydroxylation sites is 1. The first-order valence-corrected chi connectivity index (χ1v) is 5.20. The molecule has 1 aromatic rings. The van der Waals surface area contributed by atoms with Gasteiger partial charge in [0, 0.05) is 6.26 Å². The van der Waals surface area contributed by atoms with Crippen LogP contribution in [-0.2, 0) is 9.84 Å². The number of anilines is 1. The van der Waals surface area contributed by atoms with Gasteiger partial charge in [-0.1, -0.05) is 12.1 Å². The fraction of sp³-hybridized carbons (Fsp3) is 0.125. The van der Waals surface area contributed by atoms with E-state index in [-0.39, 0.29) is 4.90 Å². The second kappa shape index (κ2) is 3.15. The van der Waals surface area contributed by atoms with Gasteiger partial charge in [0.15, 0.2) is 9.84 Å². The molecule has 0 aliphatic carbocycles. The first kappa shape index (κ1) is 9.06. The maximum absolute atomic E-state index is 11.1. The van der Waals surface area contributed by atoms with Gasteiger partial charge in [-0.3, -0.25) is 0 Å². The molecule has 0 heterocycles. The van der Waals surface area contributed by atoms with Crippen molar-refractivity contribution in [2.75, 3.05) is 11.6 Å². The summed E-state index contributed by atoms with van der Waals surface area (Å²) >= 11 is 0. The number of benzene rings is 1. The van der Waals surface area contributed by atoms with Gasteiger partial charge in [0.05, 0.1) is 17.6 Å². The van der Waals surface area contributed by atoms with Crippen LogP contribution in [0.4, 0.5) is 5.69 Å². The van der Waals surface area contributed by atoms with E-state index in [2.05, 4.69) is 5.32 Å². The summed E-state index contributed by atoms with van der Waals surface area (Å²) < 4.78 is 22.2. The monoisotopic (exact) mass is 183 g/mol. The highest BCUT2D eigenvalue weighted by molar-refractivity contribution is 7.90. The smallest absolute Gasteiger partial charge is 0.177 e. The molecule has 0 bridgehead atoms. The van der Waals surface area contributed by atoms with E-state index in [4.69, 9.17) is 7.05 Å². The van der Waals surface area contributed by atoms with Crippen LogP contribution in [0.1, 0.15) is 0 Å². The lowest BCUT2D eigenvalue weighted by atomic mass is 10.3. The number of nitrogens with one attached hydrogen (secondary N) is 1. The third-order valence-corrected chi connectivity index (χ3v) is 2.60. The Morgan fingerprint density at radius 1 is 1.33 bits per heavy atom. The van der Waals surface area contributed by atoms with Crippen molar-refractivity contribution in [1.29, 1.82) is 0 Å². The highest BCUT2D eigenvalue weighted by Gasteiger charge is 2.10. The van der Waals surface area contributed by atoms with E-state index in [0.717, 1.165) is 6.26 Å². The van der Waals surface area contributed by atoms with Gasteiger partial charge in [-0.25, -0.2) is 8.42 Å². The summed E-state index contributed by atoms with van der Waals surface area (Å²) in [5, 5.41) is 2.32. The minimum Gasteiger partial charge on any atom is -0.377 e. The van der Waals surface area contributed by atoms with Gasteiger partial charge in [0.2, 0.25) is 0 Å². The van der Waals surface area contributed by atoms with E-state index < -0.39 is 9.84 Å². The van der Waals surface area contributed by atoms with Gasteiger partial charge in [-0.05, 0) is 12.1 Å². The average molecular weight is 183 g/mol. The molecular weight excluding hydrogens is 174 g/mol. The maximum atomic E-state index is 11.1. The highest BCUT2D eigenvalue weighted by atomic mass is 32.2. The molecule has 1 aromatic carbocycles. The van der Waals surface area contributed by atoms with Crippen molar-refractivity contribution in [3.63, 3.8) is 0 Å². The molecule has 0 fully saturated rings. The zero-order chi connectivity index (χ0) is 9.19. The standard InChI is InChI=1S/C8H9NO2S/c1-9-7-5-3-4-6-8(7)12(2,10)11/h1,3-6,9H,2H3. The summed E-state index contributed by atoms with van der Waals surface area (Å²) in [6, 6.07) is 6.47. The Kier molecular flexibility index (Phi) is 2.38. The largest absolute Gasteiger partial charge is 0.377 e. The Hall–Kier alpha value is -1.03. The van der Waals surface area contributed by atoms with E-state index in [9.17, 15) is 8.42 Å². The number of hydrogen-bond donors (Lipinski definition) is 1. The van der Waals surface area contributed by atoms with Crippen molar-refractivity contribution in [2.24, 2.45) is 0 Å². The molecule has 0 spiro atoms. The summed E-state index contributed by atoms with van der Waals surface area (Å²) in [4.78, 5) is 0.215. The van der Waals surface area contributed by atoms with Gasteiger partial charge in [-0.2, -0.15) is 0 Å². The van der Waals surface area contributed by atoms with Crippen LogP contribution in [0.5, 0.6) is 0 Å². The highest BCUT2D eigenvalue weighted by Crippen LogP contribution is 2.19. The van der Waals surface area contributed by atoms with Crippen LogP contribution in [0.3, 0.4) is 0 Å². The van der Waals surface area contributed by atoms with Crippen molar-refractivity contribution >= 4 is 15.5 Å². The van der Waals surface area contributed by atoms with Crippen LogP contribution < -0.4 is 5.32 Å². The number of hydrogen-bond acceptors (Lipinski definition) is 3. The second-order valence-electron chi connectivity index (χ2n) is 2.41. The molecule has 4 heteroatoms. The predicted molar refractivity (Wildman–Crippen MR) is 47.5 cm³/mol. The predicted octanol–water partition coefficient (Wildman–Crippen LogP) is 1.17. The Balaban J connectivity index is 3.33. The van der Waals surface area contributed by atoms with Crippen molar-refractivity contribution in [3.8, 4) is 0 Å². The van der Waals surface area contributed by atoms with Crippen LogP contribution in [0.25, 0.3) is 0 Å². The third kappa shape index (κ3) is 1.76. The lowest BCUT2D eigenvalue weighted by Gasteiger charge is -2.04. The molecule has 1 rings (SSSR count). The Labute approximate surface area is 72.3 Å². The van der Waals surface area contributed by atoms with Crippen molar-refractivity contribution < 1.29 is 8.42 Å². The summed E-state index contributed by atoms with van der Waals surface area (Å²) in [6.45, 7) is 0. The summed E-state index contributed by atoms with van der Waals surface area (Å²) in [6.07, 6.45) is 1.14. The van der Waals surface area contributed by atoms with Crippen LogP contribution >= 0.6 is 0 Å². The minimum absolute atomic E-state index is 0.215. The molecule has 0 aliphatic rings. The Bertz CT molecular complexity index is 370. The lowest BCUT2D eigenvalue weighted by Crippen LogP contribution is -2.00. The first-order chi connectivity index (χ1) is 5.55. The molecule has 0 unspecified atom stereocenters. The van der Waals surface area contributed by atoms with Crippen molar-refractivity contribution in [3.05, 3.63) is 31.3 Å². The zero-order valence-corrected chi connectivity index (χ0v) is 7.43. The van der Waals surface area contributed by atoms with E-state index >= 15 is 0 Å². The van der Waals surface area contributed by atoms with Gasteiger partial charge in [0.25, 0.3) is 0 Å². The molecule has 2 radical (unpaired) electrons. The number of sulfone groups is 1. The van der Waals surface area contributed by atoms with Gasteiger partial charge in [-0.15, -0.1) is 0 Å². The molecule has 3 nitrogen and oxygen atoms in total. The normalized spacial score (nSPS) is 11.2. The molecule has 0 atom stereocenters. The fourth-order valence-electron chi connectivity index (χ4n) is 0.909. The number of rotatable bonds is 2. The summed E-state index contributed by atoms with van der Waals surface area (Å²) in [5.41, 5.74) is 0.417. The molecule has 0 saturated carbocycles. The molecule has 12 heavy (non-hydrogen) atoms. The van der Waals surface area contributed by atoms with Gasteiger partial charge < -0.3 is 5.32 Å². The van der Waals surface area contributed by atoms with Crippen LogP contribution in [0.15, 0.2) is 29.2 Å². The average Bonchev–Trinajstić information content (AvgIpc) is 2.03. The molecule has 0 amide bonds. The van der Waals surface area contributed by atoms with Crippen LogP contribution in [0.2, 0.25) is 0 Å². The minimum atomic E-state index is -3.19. The van der Waals surface area contributed by atoms with E-state index in [1.807, 2.05) is 0 Å². The van der Waals surface area contributed by atoms with E-state index in [1.54, 1.807) is 18.2 Å². The van der Waals surface area contributed by atoms with Crippen molar-refractivity contribution in [2.45, 2.75) is 4.90 Å². The summed E-state index contributed by atoms with van der Waals surface area (Å²) in [7, 11) is 1.94. The SMILES string of the molecule is [CH]Nc1ccccc1S(C)(=O)=O. The molecule has 0 aliphatic heterocycles. The topological polar surface area (TPSA) is 46.2 Å². The van der Waals surface area contributed by atoms with Crippen LogP contribution in [0, 0.1) is 7.05 Å². The first-order valence-electron chi connectivity index (χ1n) is 3.31. The molecule has 64 valence electrons. The van der Waals surface area contributed by atoms with E-state index in [1.165, 1.54) is 6.07 Å². The van der Waals surface area contributed by atoms with E-state index in [0.29, 0.717) is 5.69 Å². The molecule has 0 aromatic heterocycles.